The Labute approximate surface area is 78.5 Å². The van der Waals surface area contributed by atoms with Crippen molar-refractivity contribution in [1.82, 2.24) is 5.73 Å². The third-order valence-electron chi connectivity index (χ3n) is 1.85. The van der Waals surface area contributed by atoms with E-state index in [-0.39, 0.29) is 6.54 Å². The second-order valence-corrected chi connectivity index (χ2v) is 2.66. The highest BCUT2D eigenvalue weighted by molar-refractivity contribution is 5.42. The molecule has 13 heavy (non-hydrogen) atoms. The summed E-state index contributed by atoms with van der Waals surface area (Å²) < 4.78 is 10.2. The molecule has 0 amide bonds. The van der Waals surface area contributed by atoms with Gasteiger partial charge in [0.15, 0.2) is 11.5 Å². The van der Waals surface area contributed by atoms with Gasteiger partial charge in [0, 0.05) is 6.54 Å². The van der Waals surface area contributed by atoms with Gasteiger partial charge < -0.3 is 9.47 Å². The minimum Gasteiger partial charge on any atom is -0.493 e. The van der Waals surface area contributed by atoms with Gasteiger partial charge in [-0.25, -0.2) is 0 Å². The molecule has 0 fully saturated rings. The molecule has 1 rings (SSSR count). The zero-order chi connectivity index (χ0) is 9.68. The number of benzene rings is 1. The van der Waals surface area contributed by atoms with Gasteiger partial charge in [0.25, 0.3) is 0 Å². The second kappa shape index (κ2) is 4.72. The Morgan fingerprint density at radius 1 is 1.15 bits per heavy atom. The average molecular weight is 179 g/mol. The van der Waals surface area contributed by atoms with Crippen molar-refractivity contribution >= 4 is 0 Å². The molecular weight excluding hydrogens is 166 g/mol. The van der Waals surface area contributed by atoms with Crippen molar-refractivity contribution in [2.24, 2.45) is 0 Å². The lowest BCUT2D eigenvalue weighted by Crippen LogP contribution is -1.95. The third kappa shape index (κ3) is 2.36. The summed E-state index contributed by atoms with van der Waals surface area (Å²) in [6, 6.07) is 5.62. The van der Waals surface area contributed by atoms with Crippen LogP contribution in [0.15, 0.2) is 18.2 Å². The second-order valence-electron chi connectivity index (χ2n) is 2.66. The normalized spacial score (nSPS) is 9.77. The summed E-state index contributed by atoms with van der Waals surface area (Å²) in [5, 5.41) is 0. The van der Waals surface area contributed by atoms with Gasteiger partial charge in [-0.15, -0.1) is 5.73 Å². The van der Waals surface area contributed by atoms with Crippen LogP contribution >= 0.6 is 0 Å². The van der Waals surface area contributed by atoms with Crippen LogP contribution in [0.4, 0.5) is 0 Å². The molecule has 0 aromatic heterocycles. The fraction of sp³-hybridized carbons (Fsp3) is 0.400. The Bertz CT molecular complexity index is 274. The Kier molecular flexibility index (Phi) is 3.58. The summed E-state index contributed by atoms with van der Waals surface area (Å²) in [5.41, 5.74) is 9.78. The molecule has 0 bridgehead atoms. The molecule has 1 aromatic rings. The van der Waals surface area contributed by atoms with Gasteiger partial charge in [0.1, 0.15) is 0 Å². The molecule has 0 saturated heterocycles. The van der Waals surface area contributed by atoms with Crippen LogP contribution in [0.2, 0.25) is 0 Å². The largest absolute Gasteiger partial charge is 0.493 e. The summed E-state index contributed by atoms with van der Waals surface area (Å²) in [7, 11) is 3.20. The van der Waals surface area contributed by atoms with E-state index >= 15 is 0 Å². The zero-order valence-electron chi connectivity index (χ0n) is 7.91. The van der Waals surface area contributed by atoms with Gasteiger partial charge in [-0.1, -0.05) is 6.07 Å². The summed E-state index contributed by atoms with van der Waals surface area (Å²) in [6.07, 6.45) is 0.639. The Balaban J connectivity index is 2.91. The molecule has 0 unspecified atom stereocenters. The lowest BCUT2D eigenvalue weighted by molar-refractivity contribution is 0.354. The monoisotopic (exact) mass is 179 g/mol. The van der Waals surface area contributed by atoms with Crippen LogP contribution in [0, 0.1) is 0 Å². The van der Waals surface area contributed by atoms with Crippen molar-refractivity contribution in [2.75, 3.05) is 20.8 Å². The zero-order valence-corrected chi connectivity index (χ0v) is 7.91. The highest BCUT2D eigenvalue weighted by Crippen LogP contribution is 2.27. The molecule has 70 valence electrons. The molecule has 0 aliphatic heterocycles. The van der Waals surface area contributed by atoms with Crippen molar-refractivity contribution < 1.29 is 9.47 Å². The minimum absolute atomic E-state index is 0.148. The van der Waals surface area contributed by atoms with Crippen molar-refractivity contribution in [2.45, 2.75) is 6.42 Å². The first-order valence-corrected chi connectivity index (χ1v) is 4.13. The van der Waals surface area contributed by atoms with Crippen molar-refractivity contribution in [3.05, 3.63) is 23.8 Å². The number of hydrogen-bond acceptors (Lipinski definition) is 2. The quantitative estimate of drug-likeness (QED) is 0.699. The van der Waals surface area contributed by atoms with Crippen molar-refractivity contribution in [1.29, 1.82) is 0 Å². The number of ether oxygens (including phenoxy) is 2. The fourth-order valence-corrected chi connectivity index (χ4v) is 1.17. The van der Waals surface area contributed by atoms with E-state index in [1.165, 1.54) is 0 Å². The maximum absolute atomic E-state index is 8.74. The molecule has 3 nitrogen and oxygen atoms in total. The van der Waals surface area contributed by atoms with E-state index < -0.39 is 0 Å². The summed E-state index contributed by atoms with van der Waals surface area (Å²) in [5.74, 6) is 1.41. The van der Waals surface area contributed by atoms with Gasteiger partial charge in [-0.05, 0) is 24.1 Å². The van der Waals surface area contributed by atoms with Gasteiger partial charge >= 0.3 is 0 Å². The predicted octanol–water partition coefficient (Wildman–Crippen LogP) is 1.31. The average Bonchev–Trinajstić information content (AvgIpc) is 2.18. The molecule has 0 aliphatic carbocycles. The van der Waals surface area contributed by atoms with Crippen LogP contribution in [-0.4, -0.2) is 20.8 Å². The first-order valence-electron chi connectivity index (χ1n) is 4.13. The molecule has 0 aliphatic rings. The molecule has 0 N–H and O–H groups in total. The first-order chi connectivity index (χ1) is 6.31. The van der Waals surface area contributed by atoms with E-state index in [2.05, 4.69) is 0 Å². The highest BCUT2D eigenvalue weighted by Gasteiger charge is 2.03. The lowest BCUT2D eigenvalue weighted by atomic mass is 10.1. The maximum atomic E-state index is 8.74. The molecule has 0 heterocycles. The highest BCUT2D eigenvalue weighted by atomic mass is 16.5. The first kappa shape index (κ1) is 9.86. The van der Waals surface area contributed by atoms with Crippen LogP contribution < -0.4 is 15.2 Å². The number of rotatable bonds is 4. The summed E-state index contributed by atoms with van der Waals surface area (Å²) in [4.78, 5) is 0. The van der Waals surface area contributed by atoms with Gasteiger partial charge in [-0.2, -0.15) is 0 Å². The van der Waals surface area contributed by atoms with E-state index in [1.54, 1.807) is 14.2 Å². The number of methoxy groups -OCH3 is 2. The number of nitrogens with zero attached hydrogens (tertiary/aromatic N) is 1. The smallest absolute Gasteiger partial charge is 0.160 e. The summed E-state index contributed by atoms with van der Waals surface area (Å²) >= 11 is 0. The van der Waals surface area contributed by atoms with E-state index in [9.17, 15) is 0 Å². The van der Waals surface area contributed by atoms with E-state index in [0.717, 1.165) is 5.56 Å². The van der Waals surface area contributed by atoms with E-state index in [0.29, 0.717) is 17.9 Å². The van der Waals surface area contributed by atoms with E-state index in [1.807, 2.05) is 18.2 Å². The van der Waals surface area contributed by atoms with Gasteiger partial charge in [-0.3, -0.25) is 0 Å². The number of hydrogen-bond donors (Lipinski definition) is 0. The standard InChI is InChI=1S/C10H13NO2/c1-12-9-4-3-8(5-6-11)7-10(9)13-2/h3-4,7H,5-6H2,1-2H3. The molecule has 2 radical (unpaired) electrons. The van der Waals surface area contributed by atoms with E-state index in [4.69, 9.17) is 15.2 Å². The Morgan fingerprint density at radius 2 is 1.85 bits per heavy atom. The van der Waals surface area contributed by atoms with Gasteiger partial charge in [0.05, 0.1) is 14.2 Å². The summed E-state index contributed by atoms with van der Waals surface area (Å²) in [6.45, 7) is 0.148. The van der Waals surface area contributed by atoms with Crippen molar-refractivity contribution in [3.8, 4) is 11.5 Å². The predicted molar refractivity (Wildman–Crippen MR) is 50.3 cm³/mol. The maximum Gasteiger partial charge on any atom is 0.160 e. The fourth-order valence-electron chi connectivity index (χ4n) is 1.17. The van der Waals surface area contributed by atoms with Gasteiger partial charge in [0.2, 0.25) is 0 Å². The van der Waals surface area contributed by atoms with Crippen LogP contribution in [-0.2, 0) is 6.42 Å². The van der Waals surface area contributed by atoms with Crippen LogP contribution in [0.5, 0.6) is 11.5 Å². The Hall–Kier alpha value is -1.22. The lowest BCUT2D eigenvalue weighted by Gasteiger charge is -2.08. The topological polar surface area (TPSA) is 40.8 Å². The molecule has 0 atom stereocenters. The minimum atomic E-state index is 0.148. The molecular formula is C10H13NO2. The SMILES string of the molecule is COc1ccc(CC[N])cc1OC. The van der Waals surface area contributed by atoms with Crippen molar-refractivity contribution in [3.63, 3.8) is 0 Å². The molecule has 3 heteroatoms. The molecule has 0 spiro atoms. The molecule has 0 saturated carbocycles. The molecule has 1 aromatic carbocycles. The van der Waals surface area contributed by atoms with Crippen LogP contribution in [0.3, 0.4) is 0 Å². The van der Waals surface area contributed by atoms with Crippen LogP contribution in [0.1, 0.15) is 5.56 Å². The third-order valence-corrected chi connectivity index (χ3v) is 1.85. The Morgan fingerprint density at radius 3 is 2.38 bits per heavy atom. The van der Waals surface area contributed by atoms with Crippen LogP contribution in [0.25, 0.3) is 0 Å².